The monoisotopic (exact) mass is 318 g/mol. The molecular formula is C16H22N4O3. The van der Waals surface area contributed by atoms with Crippen LogP contribution < -0.4 is 10.1 Å². The molecular weight excluding hydrogens is 296 g/mol. The molecule has 0 fully saturated rings. The van der Waals surface area contributed by atoms with E-state index in [2.05, 4.69) is 15.6 Å². The molecule has 2 rings (SSSR count). The van der Waals surface area contributed by atoms with Crippen molar-refractivity contribution in [2.24, 2.45) is 0 Å². The molecule has 0 atom stereocenters. The zero-order valence-electron chi connectivity index (χ0n) is 13.7. The molecule has 23 heavy (non-hydrogen) atoms. The molecule has 0 aliphatic rings. The summed E-state index contributed by atoms with van der Waals surface area (Å²) in [6, 6.07) is 7.94. The van der Waals surface area contributed by atoms with E-state index >= 15 is 0 Å². The third-order valence-corrected chi connectivity index (χ3v) is 3.48. The number of nitrogens with one attached hydrogen (secondary N) is 1. The van der Waals surface area contributed by atoms with Gasteiger partial charge in [-0.2, -0.15) is 0 Å². The number of carbonyl (C=O) groups is 1. The maximum absolute atomic E-state index is 11.6. The van der Waals surface area contributed by atoms with Gasteiger partial charge in [0.15, 0.2) is 5.82 Å². The second kappa shape index (κ2) is 8.28. The molecule has 0 spiro atoms. The number of aryl methyl sites for hydroxylation is 2. The SMILES string of the molecule is CCc1c(NC(=O)COC)nnn1CCc1ccc(OC)cc1. The average Bonchev–Trinajstić information content (AvgIpc) is 2.95. The number of benzene rings is 1. The number of amides is 1. The van der Waals surface area contributed by atoms with E-state index in [1.807, 2.05) is 35.9 Å². The summed E-state index contributed by atoms with van der Waals surface area (Å²) in [7, 11) is 3.13. The van der Waals surface area contributed by atoms with Gasteiger partial charge in [0.2, 0.25) is 0 Å². The average molecular weight is 318 g/mol. The van der Waals surface area contributed by atoms with Crippen LogP contribution in [0.2, 0.25) is 0 Å². The lowest BCUT2D eigenvalue weighted by Gasteiger charge is -2.07. The topological polar surface area (TPSA) is 78.3 Å². The summed E-state index contributed by atoms with van der Waals surface area (Å²) in [5.74, 6) is 1.11. The molecule has 7 nitrogen and oxygen atoms in total. The van der Waals surface area contributed by atoms with E-state index in [0.717, 1.165) is 24.3 Å². The van der Waals surface area contributed by atoms with Crippen molar-refractivity contribution < 1.29 is 14.3 Å². The lowest BCUT2D eigenvalue weighted by molar-refractivity contribution is -0.119. The molecule has 1 aromatic heterocycles. The minimum atomic E-state index is -0.232. The fourth-order valence-electron chi connectivity index (χ4n) is 2.29. The summed E-state index contributed by atoms with van der Waals surface area (Å²) in [4.78, 5) is 11.6. The lowest BCUT2D eigenvalue weighted by Crippen LogP contribution is -2.18. The molecule has 0 unspecified atom stereocenters. The lowest BCUT2D eigenvalue weighted by atomic mass is 10.1. The molecule has 2 aromatic rings. The van der Waals surface area contributed by atoms with Crippen LogP contribution in [0.1, 0.15) is 18.2 Å². The van der Waals surface area contributed by atoms with Crippen molar-refractivity contribution in [1.82, 2.24) is 15.0 Å². The molecule has 0 saturated heterocycles. The number of aromatic nitrogens is 3. The van der Waals surface area contributed by atoms with E-state index in [4.69, 9.17) is 9.47 Å². The molecule has 0 saturated carbocycles. The van der Waals surface area contributed by atoms with Crippen molar-refractivity contribution in [2.45, 2.75) is 26.3 Å². The number of nitrogens with zero attached hydrogens (tertiary/aromatic N) is 3. The van der Waals surface area contributed by atoms with Crippen LogP contribution in [0.5, 0.6) is 5.75 Å². The molecule has 7 heteroatoms. The molecule has 0 bridgehead atoms. The highest BCUT2D eigenvalue weighted by atomic mass is 16.5. The second-order valence-corrected chi connectivity index (χ2v) is 5.04. The van der Waals surface area contributed by atoms with Gasteiger partial charge in [-0.3, -0.25) is 4.79 Å². The van der Waals surface area contributed by atoms with Crippen molar-refractivity contribution in [1.29, 1.82) is 0 Å². The zero-order valence-corrected chi connectivity index (χ0v) is 13.7. The summed E-state index contributed by atoms with van der Waals surface area (Å²) in [6.07, 6.45) is 1.56. The minimum Gasteiger partial charge on any atom is -0.497 e. The number of methoxy groups -OCH3 is 2. The van der Waals surface area contributed by atoms with Gasteiger partial charge in [-0.05, 0) is 30.5 Å². The van der Waals surface area contributed by atoms with Crippen LogP contribution in [0, 0.1) is 0 Å². The van der Waals surface area contributed by atoms with Gasteiger partial charge in [0, 0.05) is 13.7 Å². The first kappa shape index (κ1) is 17.0. The molecule has 0 aliphatic carbocycles. The molecule has 1 heterocycles. The number of ether oxygens (including phenoxy) is 2. The molecule has 1 N–H and O–H groups in total. The molecule has 124 valence electrons. The van der Waals surface area contributed by atoms with E-state index in [1.165, 1.54) is 12.7 Å². The molecule has 1 aromatic carbocycles. The number of carbonyl (C=O) groups excluding carboxylic acids is 1. The Morgan fingerprint density at radius 2 is 2.00 bits per heavy atom. The van der Waals surface area contributed by atoms with Gasteiger partial charge in [0.05, 0.1) is 12.8 Å². The van der Waals surface area contributed by atoms with Crippen LogP contribution in [-0.4, -0.2) is 41.7 Å². The van der Waals surface area contributed by atoms with Gasteiger partial charge >= 0.3 is 0 Å². The normalized spacial score (nSPS) is 10.6. The van der Waals surface area contributed by atoms with Gasteiger partial charge in [-0.1, -0.05) is 24.3 Å². The maximum Gasteiger partial charge on any atom is 0.251 e. The Morgan fingerprint density at radius 3 is 2.61 bits per heavy atom. The quantitative estimate of drug-likeness (QED) is 0.801. The fraction of sp³-hybridized carbons (Fsp3) is 0.438. The first-order valence-electron chi connectivity index (χ1n) is 7.52. The highest BCUT2D eigenvalue weighted by Gasteiger charge is 2.13. The Bertz CT molecular complexity index is 637. The highest BCUT2D eigenvalue weighted by Crippen LogP contribution is 2.15. The van der Waals surface area contributed by atoms with Gasteiger partial charge in [-0.15, -0.1) is 5.10 Å². The third kappa shape index (κ3) is 4.53. The summed E-state index contributed by atoms with van der Waals surface area (Å²) in [5, 5.41) is 10.9. The van der Waals surface area contributed by atoms with Gasteiger partial charge in [0.1, 0.15) is 12.4 Å². The van der Waals surface area contributed by atoms with Crippen molar-refractivity contribution >= 4 is 11.7 Å². The van der Waals surface area contributed by atoms with Crippen molar-refractivity contribution in [3.8, 4) is 5.75 Å². The van der Waals surface area contributed by atoms with E-state index in [1.54, 1.807) is 7.11 Å². The fourth-order valence-corrected chi connectivity index (χ4v) is 2.29. The Hall–Kier alpha value is -2.41. The van der Waals surface area contributed by atoms with Crippen molar-refractivity contribution in [3.05, 3.63) is 35.5 Å². The summed E-state index contributed by atoms with van der Waals surface area (Å²) < 4.78 is 11.8. The number of rotatable bonds is 8. The number of anilines is 1. The predicted molar refractivity (Wildman–Crippen MR) is 86.6 cm³/mol. The third-order valence-electron chi connectivity index (χ3n) is 3.48. The van der Waals surface area contributed by atoms with E-state index in [9.17, 15) is 4.79 Å². The molecule has 0 radical (unpaired) electrons. The Balaban J connectivity index is 2.01. The van der Waals surface area contributed by atoms with E-state index < -0.39 is 0 Å². The van der Waals surface area contributed by atoms with Crippen LogP contribution in [0.3, 0.4) is 0 Å². The molecule has 1 amide bonds. The smallest absolute Gasteiger partial charge is 0.251 e. The minimum absolute atomic E-state index is 0.00185. The largest absolute Gasteiger partial charge is 0.497 e. The second-order valence-electron chi connectivity index (χ2n) is 5.04. The summed E-state index contributed by atoms with van der Waals surface area (Å²) in [6.45, 7) is 2.71. The maximum atomic E-state index is 11.6. The van der Waals surface area contributed by atoms with Crippen molar-refractivity contribution in [2.75, 3.05) is 26.1 Å². The van der Waals surface area contributed by atoms with E-state index in [-0.39, 0.29) is 12.5 Å². The van der Waals surface area contributed by atoms with E-state index in [0.29, 0.717) is 12.4 Å². The standard InChI is InChI=1S/C16H22N4O3/c1-4-14-16(17-15(21)11-22-2)18-19-20(14)10-9-12-5-7-13(23-3)8-6-12/h5-8H,4,9-11H2,1-3H3,(H,17,21). The van der Waals surface area contributed by atoms with Crippen molar-refractivity contribution in [3.63, 3.8) is 0 Å². The predicted octanol–water partition coefficient (Wildman–Crippen LogP) is 1.68. The Labute approximate surface area is 135 Å². The first-order chi connectivity index (χ1) is 11.2. The van der Waals surface area contributed by atoms with Crippen LogP contribution in [0.25, 0.3) is 0 Å². The Kier molecular flexibility index (Phi) is 6.10. The summed E-state index contributed by atoms with van der Waals surface area (Å²) in [5.41, 5.74) is 2.09. The van der Waals surface area contributed by atoms with Gasteiger partial charge in [-0.25, -0.2) is 4.68 Å². The Morgan fingerprint density at radius 1 is 1.26 bits per heavy atom. The highest BCUT2D eigenvalue weighted by molar-refractivity contribution is 5.91. The van der Waals surface area contributed by atoms with Crippen LogP contribution in [0.15, 0.2) is 24.3 Å². The number of hydrogen-bond acceptors (Lipinski definition) is 5. The van der Waals surface area contributed by atoms with Gasteiger partial charge < -0.3 is 14.8 Å². The molecule has 0 aliphatic heterocycles. The van der Waals surface area contributed by atoms with Gasteiger partial charge in [0.25, 0.3) is 5.91 Å². The number of hydrogen-bond donors (Lipinski definition) is 1. The first-order valence-corrected chi connectivity index (χ1v) is 7.52. The summed E-state index contributed by atoms with van der Waals surface area (Å²) >= 11 is 0. The zero-order chi connectivity index (χ0) is 16.7. The van der Waals surface area contributed by atoms with Crippen LogP contribution in [0.4, 0.5) is 5.82 Å². The van der Waals surface area contributed by atoms with Crippen LogP contribution >= 0.6 is 0 Å². The van der Waals surface area contributed by atoms with Crippen LogP contribution in [-0.2, 0) is 28.9 Å².